The largest absolute Gasteiger partial charge is 0.459 e. The van der Waals surface area contributed by atoms with Crippen molar-refractivity contribution >= 4 is 17.6 Å². The van der Waals surface area contributed by atoms with E-state index >= 15 is 0 Å². The number of hydrogen-bond donors (Lipinski definition) is 1. The second-order valence-electron chi connectivity index (χ2n) is 7.25. The number of nitrogens with one attached hydrogen (secondary N) is 2. The van der Waals surface area contributed by atoms with Gasteiger partial charge in [-0.3, -0.25) is 14.5 Å². The van der Waals surface area contributed by atoms with E-state index in [0.717, 1.165) is 24.5 Å². The highest BCUT2D eigenvalue weighted by Crippen LogP contribution is 2.13. The minimum Gasteiger partial charge on any atom is -0.459 e. The molecule has 2 amide bonds. The van der Waals surface area contributed by atoms with Crippen molar-refractivity contribution in [3.05, 3.63) is 84.4 Å². The molecule has 2 aromatic heterocycles. The maximum Gasteiger partial charge on any atom is 0.287 e. The highest BCUT2D eigenvalue weighted by atomic mass is 16.3. The van der Waals surface area contributed by atoms with Crippen molar-refractivity contribution in [3.8, 4) is 0 Å². The Bertz CT molecular complexity index is 953. The van der Waals surface area contributed by atoms with E-state index in [-0.39, 0.29) is 17.6 Å². The highest BCUT2D eigenvalue weighted by molar-refractivity contribution is 5.95. The number of carbonyl (C=O) groups excluding carboxylic acids is 2. The summed E-state index contributed by atoms with van der Waals surface area (Å²) in [5.41, 5.74) is 0.994. The molecule has 2 N–H and O–H groups in total. The van der Waals surface area contributed by atoms with Crippen LogP contribution in [-0.4, -0.2) is 48.9 Å². The monoisotopic (exact) mass is 405 g/mol. The molecule has 1 aliphatic heterocycles. The zero-order valence-electron chi connectivity index (χ0n) is 16.7. The van der Waals surface area contributed by atoms with Crippen molar-refractivity contribution in [1.29, 1.82) is 0 Å². The fourth-order valence-corrected chi connectivity index (χ4v) is 3.66. The second-order valence-corrected chi connectivity index (χ2v) is 7.25. The van der Waals surface area contributed by atoms with Gasteiger partial charge in [0.05, 0.1) is 25.5 Å². The molecule has 30 heavy (non-hydrogen) atoms. The SMILES string of the molecule is O=C(N[C@H](Cc1ccccc1)C(=O)N1CCN(c2cccc[nH+]2)CC1)c1ccco1. The number of carbonyl (C=O) groups is 2. The molecule has 7 nitrogen and oxygen atoms in total. The van der Waals surface area contributed by atoms with Gasteiger partial charge in [-0.15, -0.1) is 0 Å². The van der Waals surface area contributed by atoms with Gasteiger partial charge in [0.1, 0.15) is 19.1 Å². The zero-order valence-corrected chi connectivity index (χ0v) is 16.7. The number of amides is 2. The third-order valence-electron chi connectivity index (χ3n) is 5.26. The smallest absolute Gasteiger partial charge is 0.287 e. The molecule has 0 aliphatic carbocycles. The average molecular weight is 405 g/mol. The van der Waals surface area contributed by atoms with E-state index in [0.29, 0.717) is 19.5 Å². The molecule has 1 aromatic carbocycles. The number of rotatable bonds is 6. The first-order valence-corrected chi connectivity index (χ1v) is 10.1. The fourth-order valence-electron chi connectivity index (χ4n) is 3.66. The van der Waals surface area contributed by atoms with Gasteiger partial charge in [0.15, 0.2) is 5.76 Å². The van der Waals surface area contributed by atoms with Gasteiger partial charge in [-0.1, -0.05) is 36.4 Å². The molecule has 0 unspecified atom stereocenters. The minimum atomic E-state index is -0.653. The number of nitrogens with zero attached hydrogens (tertiary/aromatic N) is 2. The molecule has 7 heteroatoms. The molecule has 0 saturated carbocycles. The number of furan rings is 1. The van der Waals surface area contributed by atoms with E-state index in [1.165, 1.54) is 6.26 Å². The van der Waals surface area contributed by atoms with E-state index in [1.54, 1.807) is 12.1 Å². The molecule has 4 rings (SSSR count). The first-order chi connectivity index (χ1) is 14.7. The topological polar surface area (TPSA) is 79.9 Å². The quantitative estimate of drug-likeness (QED) is 0.678. The summed E-state index contributed by atoms with van der Waals surface area (Å²) < 4.78 is 5.19. The lowest BCUT2D eigenvalue weighted by Gasteiger charge is -2.33. The average Bonchev–Trinajstić information content (AvgIpc) is 3.35. The molecule has 1 atom stereocenters. The van der Waals surface area contributed by atoms with Crippen LogP contribution in [0.25, 0.3) is 0 Å². The van der Waals surface area contributed by atoms with Crippen LogP contribution in [0.5, 0.6) is 0 Å². The number of pyridine rings is 1. The molecule has 3 heterocycles. The molecule has 1 aliphatic rings. The van der Waals surface area contributed by atoms with Gasteiger partial charge in [-0.05, 0) is 23.8 Å². The maximum atomic E-state index is 13.3. The van der Waals surface area contributed by atoms with E-state index in [4.69, 9.17) is 4.42 Å². The van der Waals surface area contributed by atoms with Gasteiger partial charge in [-0.25, -0.2) is 4.98 Å². The second kappa shape index (κ2) is 9.26. The number of H-pyrrole nitrogens is 1. The Hall–Kier alpha value is -3.61. The fraction of sp³-hybridized carbons (Fsp3) is 0.261. The van der Waals surface area contributed by atoms with Gasteiger partial charge < -0.3 is 14.6 Å². The van der Waals surface area contributed by atoms with Crippen LogP contribution >= 0.6 is 0 Å². The number of aromatic amines is 1. The Kier molecular flexibility index (Phi) is 6.08. The molecule has 1 saturated heterocycles. The summed E-state index contributed by atoms with van der Waals surface area (Å²) in [6, 6.07) is 18.3. The summed E-state index contributed by atoms with van der Waals surface area (Å²) in [7, 11) is 0. The van der Waals surface area contributed by atoms with Crippen molar-refractivity contribution in [2.45, 2.75) is 12.5 Å². The Labute approximate surface area is 175 Å². The summed E-state index contributed by atoms with van der Waals surface area (Å²) in [5, 5.41) is 2.86. The Balaban J connectivity index is 1.44. The molecule has 0 bridgehead atoms. The summed E-state index contributed by atoms with van der Waals surface area (Å²) in [6.45, 7) is 2.67. The van der Waals surface area contributed by atoms with Crippen LogP contribution in [0.3, 0.4) is 0 Å². The number of hydrogen-bond acceptors (Lipinski definition) is 4. The van der Waals surface area contributed by atoms with Gasteiger partial charge in [0.2, 0.25) is 5.91 Å². The molecule has 0 spiro atoms. The van der Waals surface area contributed by atoms with Crippen LogP contribution in [0.4, 0.5) is 5.82 Å². The first-order valence-electron chi connectivity index (χ1n) is 10.1. The van der Waals surface area contributed by atoms with E-state index < -0.39 is 6.04 Å². The summed E-state index contributed by atoms with van der Waals surface area (Å²) in [4.78, 5) is 33.1. The van der Waals surface area contributed by atoms with E-state index in [2.05, 4.69) is 15.2 Å². The van der Waals surface area contributed by atoms with Gasteiger partial charge in [0.25, 0.3) is 11.7 Å². The Morgan fingerprint density at radius 1 is 0.967 bits per heavy atom. The number of piperazine rings is 1. The summed E-state index contributed by atoms with van der Waals surface area (Å²) >= 11 is 0. The maximum absolute atomic E-state index is 13.3. The van der Waals surface area contributed by atoms with Crippen LogP contribution in [0.1, 0.15) is 16.1 Å². The lowest BCUT2D eigenvalue weighted by Crippen LogP contribution is -2.56. The number of benzene rings is 1. The van der Waals surface area contributed by atoms with Crippen LogP contribution in [0.15, 0.2) is 77.5 Å². The van der Waals surface area contributed by atoms with Crippen molar-refractivity contribution in [1.82, 2.24) is 10.2 Å². The minimum absolute atomic E-state index is 0.0737. The van der Waals surface area contributed by atoms with Gasteiger partial charge in [-0.2, -0.15) is 0 Å². The van der Waals surface area contributed by atoms with Crippen molar-refractivity contribution in [2.75, 3.05) is 31.1 Å². The predicted molar refractivity (Wildman–Crippen MR) is 112 cm³/mol. The van der Waals surface area contributed by atoms with Crippen LogP contribution in [0, 0.1) is 0 Å². The Morgan fingerprint density at radius 2 is 1.73 bits per heavy atom. The van der Waals surface area contributed by atoms with Gasteiger partial charge in [0, 0.05) is 12.5 Å². The summed E-state index contributed by atoms with van der Waals surface area (Å²) in [6.07, 6.45) is 3.77. The lowest BCUT2D eigenvalue weighted by molar-refractivity contribution is -0.364. The lowest BCUT2D eigenvalue weighted by atomic mass is 10.0. The normalized spacial score (nSPS) is 14.9. The molecular weight excluding hydrogens is 380 g/mol. The van der Waals surface area contributed by atoms with Crippen molar-refractivity contribution < 1.29 is 19.0 Å². The van der Waals surface area contributed by atoms with Crippen LogP contribution in [-0.2, 0) is 11.2 Å². The van der Waals surface area contributed by atoms with Crippen LogP contribution < -0.4 is 15.2 Å². The zero-order chi connectivity index (χ0) is 20.8. The third-order valence-corrected chi connectivity index (χ3v) is 5.26. The molecule has 154 valence electrons. The standard InChI is InChI=1S/C23H24N4O3/c28-22(20-9-6-16-30-20)25-19(17-18-7-2-1-3-8-18)23(29)27-14-12-26(13-15-27)21-10-4-5-11-24-21/h1-11,16,19H,12-15,17H2,(H,25,28)/p+1/t19-/m1/s1. The van der Waals surface area contributed by atoms with Crippen molar-refractivity contribution in [3.63, 3.8) is 0 Å². The van der Waals surface area contributed by atoms with Crippen molar-refractivity contribution in [2.24, 2.45) is 0 Å². The molecule has 0 radical (unpaired) electrons. The Morgan fingerprint density at radius 3 is 2.40 bits per heavy atom. The molecule has 3 aromatic rings. The first kappa shape index (κ1) is 19.7. The van der Waals surface area contributed by atoms with Crippen LogP contribution in [0.2, 0.25) is 0 Å². The van der Waals surface area contributed by atoms with E-state index in [9.17, 15) is 9.59 Å². The third kappa shape index (κ3) is 4.68. The number of aromatic nitrogens is 1. The van der Waals surface area contributed by atoms with Gasteiger partial charge >= 0.3 is 0 Å². The highest BCUT2D eigenvalue weighted by Gasteiger charge is 2.31. The predicted octanol–water partition coefficient (Wildman–Crippen LogP) is 1.78. The molecule has 1 fully saturated rings. The number of anilines is 1. The summed E-state index contributed by atoms with van der Waals surface area (Å²) in [5.74, 6) is 0.782. The molecular formula is C23H25N4O3+. The van der Waals surface area contributed by atoms with E-state index in [1.807, 2.05) is 59.6 Å².